The molecular formula is C14H14Cl2N4O2S. The molecular weight excluding hydrogens is 359 g/mol. The number of carbonyl (C=O) groups excluding carboxylic acids is 1. The summed E-state index contributed by atoms with van der Waals surface area (Å²) in [7, 11) is 1.48. The van der Waals surface area contributed by atoms with Crippen molar-refractivity contribution in [3.05, 3.63) is 38.3 Å². The highest BCUT2D eigenvalue weighted by atomic mass is 35.5. The highest BCUT2D eigenvalue weighted by Crippen LogP contribution is 2.33. The van der Waals surface area contributed by atoms with Crippen LogP contribution in [0.2, 0.25) is 10.0 Å². The molecule has 0 unspecified atom stereocenters. The fourth-order valence-corrected chi connectivity index (χ4v) is 3.32. The molecule has 0 aliphatic rings. The molecule has 23 heavy (non-hydrogen) atoms. The number of anilines is 1. The van der Waals surface area contributed by atoms with Gasteiger partial charge in [-0.05, 0) is 24.1 Å². The lowest BCUT2D eigenvalue weighted by molar-refractivity contribution is 0.0958. The van der Waals surface area contributed by atoms with Crippen LogP contribution in [-0.2, 0) is 6.42 Å². The Kier molecular flexibility index (Phi) is 5.81. The number of aryl methyl sites for hydroxylation is 1. The van der Waals surface area contributed by atoms with Crippen molar-refractivity contribution in [2.75, 3.05) is 12.8 Å². The Hall–Kier alpha value is -1.83. The smallest absolute Gasteiger partial charge is 0.283 e. The minimum Gasteiger partial charge on any atom is -0.494 e. The lowest BCUT2D eigenvalue weighted by Crippen LogP contribution is -2.17. The van der Waals surface area contributed by atoms with Crippen molar-refractivity contribution in [1.29, 1.82) is 0 Å². The van der Waals surface area contributed by atoms with E-state index in [1.54, 1.807) is 12.1 Å². The van der Waals surface area contributed by atoms with Crippen LogP contribution >= 0.6 is 34.5 Å². The Morgan fingerprint density at radius 1 is 1.48 bits per heavy atom. The van der Waals surface area contributed by atoms with Crippen molar-refractivity contribution >= 4 is 51.8 Å². The third-order valence-corrected chi connectivity index (χ3v) is 4.35. The summed E-state index contributed by atoms with van der Waals surface area (Å²) in [6, 6.07) is 3.26. The van der Waals surface area contributed by atoms with Gasteiger partial charge in [0, 0.05) is 0 Å². The molecule has 0 aliphatic carbocycles. The molecule has 0 fully saturated rings. The van der Waals surface area contributed by atoms with Crippen LogP contribution in [0.5, 0.6) is 5.75 Å². The fourth-order valence-electron chi connectivity index (χ4n) is 1.85. The van der Waals surface area contributed by atoms with Gasteiger partial charge < -0.3 is 10.5 Å². The Bertz CT molecular complexity index is 738. The topological polar surface area (TPSA) is 89.6 Å². The summed E-state index contributed by atoms with van der Waals surface area (Å²) in [5.74, 6) is 0.0280. The molecule has 0 spiro atoms. The quantitative estimate of drug-likeness (QED) is 0.621. The molecule has 3 N–H and O–H groups in total. The summed E-state index contributed by atoms with van der Waals surface area (Å²) in [6.45, 7) is 1.90. The van der Waals surface area contributed by atoms with Gasteiger partial charge in [-0.25, -0.2) is 10.4 Å². The lowest BCUT2D eigenvalue weighted by Gasteiger charge is -2.06. The van der Waals surface area contributed by atoms with Crippen molar-refractivity contribution in [3.8, 4) is 5.75 Å². The first-order valence-corrected chi connectivity index (χ1v) is 8.15. The van der Waals surface area contributed by atoms with E-state index in [0.717, 1.165) is 11.3 Å². The number of thiazole rings is 1. The van der Waals surface area contributed by atoms with Gasteiger partial charge in [-0.3, -0.25) is 4.79 Å². The molecule has 0 atom stereocenters. The van der Waals surface area contributed by atoms with Gasteiger partial charge >= 0.3 is 0 Å². The van der Waals surface area contributed by atoms with Crippen molar-refractivity contribution < 1.29 is 9.53 Å². The van der Waals surface area contributed by atoms with Crippen molar-refractivity contribution in [3.63, 3.8) is 0 Å². The van der Waals surface area contributed by atoms with Crippen LogP contribution in [0, 0.1) is 0 Å². The zero-order chi connectivity index (χ0) is 17.0. The van der Waals surface area contributed by atoms with Gasteiger partial charge in [0.1, 0.15) is 4.88 Å². The summed E-state index contributed by atoms with van der Waals surface area (Å²) in [4.78, 5) is 16.6. The Morgan fingerprint density at radius 3 is 2.70 bits per heavy atom. The molecule has 1 amide bonds. The number of aromatic nitrogens is 1. The first-order valence-electron chi connectivity index (χ1n) is 6.57. The molecule has 0 saturated carbocycles. The number of ether oxygens (including phenoxy) is 1. The maximum Gasteiger partial charge on any atom is 0.283 e. The molecule has 0 bridgehead atoms. The maximum absolute atomic E-state index is 12.1. The van der Waals surface area contributed by atoms with Crippen LogP contribution < -0.4 is 15.9 Å². The molecule has 1 heterocycles. The summed E-state index contributed by atoms with van der Waals surface area (Å²) < 4.78 is 5.06. The van der Waals surface area contributed by atoms with E-state index >= 15 is 0 Å². The summed E-state index contributed by atoms with van der Waals surface area (Å²) in [6.07, 6.45) is 2.05. The lowest BCUT2D eigenvalue weighted by atomic mass is 10.2. The summed E-state index contributed by atoms with van der Waals surface area (Å²) in [5.41, 5.74) is 9.33. The molecule has 2 aromatic rings. The predicted molar refractivity (Wildman–Crippen MR) is 94.0 cm³/mol. The minimum absolute atomic E-state index is 0.352. The monoisotopic (exact) mass is 372 g/mol. The maximum atomic E-state index is 12.1. The predicted octanol–water partition coefficient (Wildman–Crippen LogP) is 3.37. The van der Waals surface area contributed by atoms with E-state index in [-0.39, 0.29) is 5.91 Å². The molecule has 0 aliphatic heterocycles. The van der Waals surface area contributed by atoms with Crippen molar-refractivity contribution in [2.24, 2.45) is 5.10 Å². The van der Waals surface area contributed by atoms with Gasteiger partial charge in [0.05, 0.1) is 29.1 Å². The minimum atomic E-state index is -0.363. The number of hydrazone groups is 1. The summed E-state index contributed by atoms with van der Waals surface area (Å²) >= 11 is 13.2. The number of amides is 1. The second-order valence-corrected chi connectivity index (χ2v) is 6.24. The number of methoxy groups -OCH3 is 1. The zero-order valence-electron chi connectivity index (χ0n) is 12.4. The van der Waals surface area contributed by atoms with Gasteiger partial charge in [0.25, 0.3) is 5.91 Å². The van der Waals surface area contributed by atoms with E-state index < -0.39 is 0 Å². The van der Waals surface area contributed by atoms with Gasteiger partial charge in [0.15, 0.2) is 10.9 Å². The Morgan fingerprint density at radius 2 is 2.13 bits per heavy atom. The number of halogens is 2. The van der Waals surface area contributed by atoms with E-state index in [1.807, 2.05) is 6.92 Å². The first kappa shape index (κ1) is 17.5. The van der Waals surface area contributed by atoms with Crippen LogP contribution in [0.25, 0.3) is 0 Å². The van der Waals surface area contributed by atoms with Crippen LogP contribution in [0.3, 0.4) is 0 Å². The number of hydrogen-bond donors (Lipinski definition) is 2. The summed E-state index contributed by atoms with van der Waals surface area (Å²) in [5, 5.41) is 4.96. The highest BCUT2D eigenvalue weighted by molar-refractivity contribution is 7.17. The molecule has 0 radical (unpaired) electrons. The Balaban J connectivity index is 2.11. The third kappa shape index (κ3) is 4.13. The van der Waals surface area contributed by atoms with E-state index in [2.05, 4.69) is 15.5 Å². The number of benzene rings is 1. The number of hydrogen-bond acceptors (Lipinski definition) is 6. The standard InChI is InChI=1S/C14H14Cl2N4O2S/c1-3-10-12(23-14(17)19-10)13(21)20-18-6-7-4-8(15)11(22-2)9(16)5-7/h4-6H,3H2,1-2H3,(H2,17,19)(H,20,21)/b18-6-. The average molecular weight is 373 g/mol. The van der Waals surface area contributed by atoms with Crippen LogP contribution in [0.4, 0.5) is 5.13 Å². The van der Waals surface area contributed by atoms with Crippen molar-refractivity contribution in [2.45, 2.75) is 13.3 Å². The molecule has 1 aromatic carbocycles. The first-order chi connectivity index (χ1) is 11.0. The fraction of sp³-hybridized carbons (Fsp3) is 0.214. The average Bonchev–Trinajstić information content (AvgIpc) is 2.88. The van der Waals surface area contributed by atoms with E-state index in [1.165, 1.54) is 13.3 Å². The number of rotatable bonds is 5. The van der Waals surface area contributed by atoms with Crippen molar-refractivity contribution in [1.82, 2.24) is 10.4 Å². The highest BCUT2D eigenvalue weighted by Gasteiger charge is 2.15. The van der Waals surface area contributed by atoms with E-state index in [0.29, 0.717) is 43.5 Å². The molecule has 122 valence electrons. The Labute approximate surface area is 147 Å². The molecule has 0 saturated heterocycles. The van der Waals surface area contributed by atoms with Gasteiger partial charge in [-0.1, -0.05) is 41.5 Å². The number of nitrogen functional groups attached to an aromatic ring is 1. The van der Waals surface area contributed by atoms with Crippen LogP contribution in [0.15, 0.2) is 17.2 Å². The second-order valence-electron chi connectivity index (χ2n) is 4.40. The second kappa shape index (κ2) is 7.63. The molecule has 6 nitrogen and oxygen atoms in total. The van der Waals surface area contributed by atoms with Crippen LogP contribution in [0.1, 0.15) is 27.9 Å². The molecule has 9 heteroatoms. The SMILES string of the molecule is CCc1nc(N)sc1C(=O)N/N=C\c1cc(Cl)c(OC)c(Cl)c1. The van der Waals surface area contributed by atoms with Crippen LogP contribution in [-0.4, -0.2) is 24.2 Å². The van der Waals surface area contributed by atoms with Gasteiger partial charge in [0.2, 0.25) is 0 Å². The zero-order valence-corrected chi connectivity index (χ0v) is 14.7. The number of nitrogens with zero attached hydrogens (tertiary/aromatic N) is 2. The number of nitrogens with two attached hydrogens (primary N) is 1. The third-order valence-electron chi connectivity index (χ3n) is 2.86. The van der Waals surface area contributed by atoms with E-state index in [9.17, 15) is 4.79 Å². The number of nitrogens with one attached hydrogen (secondary N) is 1. The molecule has 2 rings (SSSR count). The molecule has 1 aromatic heterocycles. The number of carbonyl (C=O) groups is 1. The van der Waals surface area contributed by atoms with E-state index in [4.69, 9.17) is 33.7 Å². The van der Waals surface area contributed by atoms with Gasteiger partial charge in [-0.15, -0.1) is 0 Å². The normalized spacial score (nSPS) is 11.0. The van der Waals surface area contributed by atoms with Gasteiger partial charge in [-0.2, -0.15) is 5.10 Å². The largest absolute Gasteiger partial charge is 0.494 e.